The fourth-order valence-electron chi connectivity index (χ4n) is 3.94. The first-order chi connectivity index (χ1) is 13.3. The Morgan fingerprint density at radius 1 is 1.00 bits per heavy atom. The molecule has 0 bridgehead atoms. The van der Waals surface area contributed by atoms with Gasteiger partial charge in [0.2, 0.25) is 0 Å². The molecule has 0 spiro atoms. The first-order valence-electron chi connectivity index (χ1n) is 9.72. The minimum absolute atomic E-state index is 0.130. The third-order valence-electron chi connectivity index (χ3n) is 5.32. The molecule has 6 nitrogen and oxygen atoms in total. The van der Waals surface area contributed by atoms with Gasteiger partial charge in [0, 0.05) is 37.6 Å². The highest BCUT2D eigenvalue weighted by molar-refractivity contribution is 5.27. The van der Waals surface area contributed by atoms with E-state index in [0.717, 1.165) is 31.9 Å². The number of aliphatic hydroxyl groups is 1. The fourth-order valence-corrected chi connectivity index (χ4v) is 3.94. The topological polar surface area (TPSA) is 59.1 Å². The lowest BCUT2D eigenvalue weighted by Gasteiger charge is -2.32. The molecule has 1 saturated heterocycles. The molecule has 0 radical (unpaired) electrons. The highest BCUT2D eigenvalue weighted by atomic mass is 16.3. The summed E-state index contributed by atoms with van der Waals surface area (Å²) in [5.74, 6) is 0.469. The lowest BCUT2D eigenvalue weighted by Crippen LogP contribution is -2.34. The summed E-state index contributed by atoms with van der Waals surface area (Å²) in [5.41, 5.74) is 3.85. The predicted octanol–water partition coefficient (Wildman–Crippen LogP) is 2.50. The number of hydrogen-bond donors (Lipinski definition) is 1. The molecule has 0 saturated carbocycles. The van der Waals surface area contributed by atoms with Gasteiger partial charge in [-0.1, -0.05) is 24.3 Å². The molecule has 1 atom stereocenters. The van der Waals surface area contributed by atoms with Crippen LogP contribution in [0.15, 0.2) is 55.0 Å². The average molecular weight is 365 g/mol. The Morgan fingerprint density at radius 2 is 1.85 bits per heavy atom. The van der Waals surface area contributed by atoms with E-state index in [2.05, 4.69) is 45.4 Å². The standard InChI is InChI=1S/C21H27N5O/c27-14-13-25-12-8-21(23-25)20-7-3-10-24(16-20)15-18-5-1-2-6-19(18)17-26-11-4-9-22-26/h1-2,4-6,8-9,11-12,20,27H,3,7,10,13-17H2/t20-/m0/s1. The van der Waals surface area contributed by atoms with Crippen LogP contribution in [0.4, 0.5) is 0 Å². The van der Waals surface area contributed by atoms with E-state index >= 15 is 0 Å². The van der Waals surface area contributed by atoms with Crippen LogP contribution in [0.25, 0.3) is 0 Å². The zero-order valence-electron chi connectivity index (χ0n) is 15.6. The number of benzene rings is 1. The summed E-state index contributed by atoms with van der Waals surface area (Å²) in [6, 6.07) is 12.7. The van der Waals surface area contributed by atoms with Crippen LogP contribution in [0, 0.1) is 0 Å². The Hall–Kier alpha value is -2.44. The molecule has 2 aromatic heterocycles. The van der Waals surface area contributed by atoms with Crippen LogP contribution < -0.4 is 0 Å². The summed E-state index contributed by atoms with van der Waals surface area (Å²) >= 11 is 0. The van der Waals surface area contributed by atoms with E-state index in [0.29, 0.717) is 12.5 Å². The van der Waals surface area contributed by atoms with Crippen molar-refractivity contribution in [2.24, 2.45) is 0 Å². The van der Waals surface area contributed by atoms with E-state index in [1.54, 1.807) is 0 Å². The highest BCUT2D eigenvalue weighted by Crippen LogP contribution is 2.27. The van der Waals surface area contributed by atoms with Crippen LogP contribution >= 0.6 is 0 Å². The summed E-state index contributed by atoms with van der Waals surface area (Å²) < 4.78 is 3.82. The van der Waals surface area contributed by atoms with Gasteiger partial charge in [0.15, 0.2) is 0 Å². The molecular weight excluding hydrogens is 338 g/mol. The zero-order valence-corrected chi connectivity index (χ0v) is 15.6. The van der Waals surface area contributed by atoms with Gasteiger partial charge in [-0.05, 0) is 42.6 Å². The van der Waals surface area contributed by atoms with E-state index in [1.807, 2.05) is 34.0 Å². The molecular formula is C21H27N5O. The second-order valence-electron chi connectivity index (χ2n) is 7.27. The molecule has 27 heavy (non-hydrogen) atoms. The van der Waals surface area contributed by atoms with Gasteiger partial charge in [0.1, 0.15) is 0 Å². The van der Waals surface area contributed by atoms with Crippen molar-refractivity contribution in [1.29, 1.82) is 0 Å². The second kappa shape index (κ2) is 8.50. The van der Waals surface area contributed by atoms with Gasteiger partial charge in [-0.15, -0.1) is 0 Å². The maximum Gasteiger partial charge on any atom is 0.0668 e. The molecule has 1 aromatic carbocycles. The number of piperidine rings is 1. The van der Waals surface area contributed by atoms with Crippen LogP contribution in [-0.2, 0) is 19.6 Å². The number of likely N-dealkylation sites (tertiary alicyclic amines) is 1. The molecule has 3 heterocycles. The van der Waals surface area contributed by atoms with Gasteiger partial charge in [-0.2, -0.15) is 10.2 Å². The molecule has 1 aliphatic rings. The van der Waals surface area contributed by atoms with Crippen molar-refractivity contribution < 1.29 is 5.11 Å². The maximum atomic E-state index is 9.09. The molecule has 1 fully saturated rings. The van der Waals surface area contributed by atoms with Crippen LogP contribution in [0.3, 0.4) is 0 Å². The van der Waals surface area contributed by atoms with Gasteiger partial charge in [-0.25, -0.2) is 0 Å². The van der Waals surface area contributed by atoms with Crippen LogP contribution in [0.2, 0.25) is 0 Å². The number of rotatable bonds is 7. The number of hydrogen-bond acceptors (Lipinski definition) is 4. The van der Waals surface area contributed by atoms with Crippen molar-refractivity contribution in [2.75, 3.05) is 19.7 Å². The van der Waals surface area contributed by atoms with E-state index in [-0.39, 0.29) is 6.61 Å². The van der Waals surface area contributed by atoms with Gasteiger partial charge in [0.25, 0.3) is 0 Å². The number of aliphatic hydroxyl groups excluding tert-OH is 1. The van der Waals surface area contributed by atoms with Crippen molar-refractivity contribution in [2.45, 2.75) is 38.4 Å². The van der Waals surface area contributed by atoms with Gasteiger partial charge < -0.3 is 5.11 Å². The number of aromatic nitrogens is 4. The average Bonchev–Trinajstić information content (AvgIpc) is 3.36. The van der Waals surface area contributed by atoms with E-state index in [1.165, 1.54) is 24.0 Å². The minimum atomic E-state index is 0.130. The van der Waals surface area contributed by atoms with E-state index in [4.69, 9.17) is 5.11 Å². The SMILES string of the molecule is OCCn1ccc([C@H]2CCCN(Cc3ccccc3Cn3cccn3)C2)n1. The first kappa shape index (κ1) is 17.9. The third kappa shape index (κ3) is 4.46. The molecule has 142 valence electrons. The van der Waals surface area contributed by atoms with Crippen molar-refractivity contribution in [3.05, 3.63) is 71.8 Å². The molecule has 0 unspecified atom stereocenters. The lowest BCUT2D eigenvalue weighted by molar-refractivity contribution is 0.197. The Morgan fingerprint density at radius 3 is 2.63 bits per heavy atom. The van der Waals surface area contributed by atoms with Crippen LogP contribution in [0.1, 0.15) is 35.6 Å². The number of nitrogens with zero attached hydrogens (tertiary/aromatic N) is 5. The summed E-state index contributed by atoms with van der Waals surface area (Å²) in [6.07, 6.45) is 8.19. The molecule has 0 aliphatic carbocycles. The lowest BCUT2D eigenvalue weighted by atomic mass is 9.94. The van der Waals surface area contributed by atoms with Gasteiger partial charge in [0.05, 0.1) is 25.4 Å². The smallest absolute Gasteiger partial charge is 0.0668 e. The van der Waals surface area contributed by atoms with Gasteiger partial charge >= 0.3 is 0 Å². The summed E-state index contributed by atoms with van der Waals surface area (Å²) in [5, 5.41) is 18.1. The Kier molecular flexibility index (Phi) is 5.65. The van der Waals surface area contributed by atoms with Crippen molar-refractivity contribution in [3.8, 4) is 0 Å². The molecule has 1 aliphatic heterocycles. The molecule has 6 heteroatoms. The molecule has 3 aromatic rings. The monoisotopic (exact) mass is 365 g/mol. The molecule has 1 N–H and O–H groups in total. The van der Waals surface area contributed by atoms with Gasteiger partial charge in [-0.3, -0.25) is 14.3 Å². The Bertz CT molecular complexity index is 842. The minimum Gasteiger partial charge on any atom is -0.394 e. The fraction of sp³-hybridized carbons (Fsp3) is 0.429. The van der Waals surface area contributed by atoms with Crippen molar-refractivity contribution in [1.82, 2.24) is 24.5 Å². The van der Waals surface area contributed by atoms with Crippen molar-refractivity contribution >= 4 is 0 Å². The Balaban J connectivity index is 1.43. The second-order valence-corrected chi connectivity index (χ2v) is 7.27. The quantitative estimate of drug-likeness (QED) is 0.699. The highest BCUT2D eigenvalue weighted by Gasteiger charge is 2.23. The normalized spacial score (nSPS) is 18.0. The van der Waals surface area contributed by atoms with Crippen LogP contribution in [0.5, 0.6) is 0 Å². The van der Waals surface area contributed by atoms with E-state index < -0.39 is 0 Å². The third-order valence-corrected chi connectivity index (χ3v) is 5.32. The maximum absolute atomic E-state index is 9.09. The largest absolute Gasteiger partial charge is 0.394 e. The first-order valence-corrected chi connectivity index (χ1v) is 9.72. The summed E-state index contributed by atoms with van der Waals surface area (Å²) in [4.78, 5) is 2.54. The zero-order chi connectivity index (χ0) is 18.5. The molecule has 4 rings (SSSR count). The summed E-state index contributed by atoms with van der Waals surface area (Å²) in [6.45, 7) is 4.63. The van der Waals surface area contributed by atoms with E-state index in [9.17, 15) is 0 Å². The Labute approximate surface area is 160 Å². The predicted molar refractivity (Wildman–Crippen MR) is 104 cm³/mol. The summed E-state index contributed by atoms with van der Waals surface area (Å²) in [7, 11) is 0. The van der Waals surface area contributed by atoms with Crippen LogP contribution in [-0.4, -0.2) is 49.3 Å². The van der Waals surface area contributed by atoms with Crippen molar-refractivity contribution in [3.63, 3.8) is 0 Å². The molecule has 0 amide bonds.